The highest BCUT2D eigenvalue weighted by Crippen LogP contribution is 2.34. The van der Waals surface area contributed by atoms with Gasteiger partial charge >= 0.3 is 6.03 Å². The number of fused-ring (bicyclic) bond motifs is 1. The van der Waals surface area contributed by atoms with E-state index in [0.717, 1.165) is 54.2 Å². The van der Waals surface area contributed by atoms with E-state index in [-0.39, 0.29) is 5.91 Å². The molecular formula is C33H41ClN6O3S. The first kappa shape index (κ1) is 33.2. The second-order valence-electron chi connectivity index (χ2n) is 10.9. The molecule has 2 heterocycles. The number of carbonyl (C=O) groups is 3. The van der Waals surface area contributed by atoms with Crippen LogP contribution in [-0.4, -0.2) is 48.1 Å². The average molecular weight is 637 g/mol. The second kappa shape index (κ2) is 15.8. The maximum atomic E-state index is 12.6. The largest absolute Gasteiger partial charge is 0.365 e. The molecular weight excluding hydrogens is 596 g/mol. The molecule has 11 heteroatoms. The van der Waals surface area contributed by atoms with Crippen molar-refractivity contribution in [2.75, 3.05) is 30.3 Å². The van der Waals surface area contributed by atoms with Gasteiger partial charge in [0.15, 0.2) is 0 Å². The Morgan fingerprint density at radius 2 is 1.84 bits per heavy atom. The van der Waals surface area contributed by atoms with Gasteiger partial charge in [-0.1, -0.05) is 43.6 Å². The third-order valence-electron chi connectivity index (χ3n) is 7.90. The maximum absolute atomic E-state index is 12.6. The van der Waals surface area contributed by atoms with E-state index in [9.17, 15) is 14.4 Å². The minimum absolute atomic E-state index is 0.0391. The van der Waals surface area contributed by atoms with Crippen molar-refractivity contribution >= 4 is 62.9 Å². The van der Waals surface area contributed by atoms with Crippen molar-refractivity contribution < 1.29 is 14.4 Å². The fraction of sp³-hybridized carbons (Fsp3) is 0.394. The zero-order valence-corrected chi connectivity index (χ0v) is 27.1. The highest BCUT2D eigenvalue weighted by Gasteiger charge is 2.23. The molecule has 4 amide bonds. The molecule has 234 valence electrons. The fourth-order valence-electron chi connectivity index (χ4n) is 5.37. The van der Waals surface area contributed by atoms with Gasteiger partial charge in [0.2, 0.25) is 5.91 Å². The first-order chi connectivity index (χ1) is 21.2. The molecule has 0 saturated heterocycles. The lowest BCUT2D eigenvalue weighted by molar-refractivity contribution is -0.120. The summed E-state index contributed by atoms with van der Waals surface area (Å²) < 4.78 is 0. The number of aliphatic imine (C=N–C) groups is 1. The van der Waals surface area contributed by atoms with Crippen molar-refractivity contribution in [1.82, 2.24) is 10.2 Å². The number of benzene rings is 2. The molecule has 1 aliphatic heterocycles. The summed E-state index contributed by atoms with van der Waals surface area (Å²) >= 11 is 7.26. The average Bonchev–Trinajstić information content (AvgIpc) is 3.31. The number of rotatable bonds is 14. The van der Waals surface area contributed by atoms with Crippen LogP contribution in [0, 0.1) is 12.8 Å². The van der Waals surface area contributed by atoms with Crippen LogP contribution in [0.5, 0.6) is 0 Å². The molecule has 9 nitrogen and oxygen atoms in total. The first-order valence-corrected chi connectivity index (χ1v) is 16.3. The Kier molecular flexibility index (Phi) is 11.9. The highest BCUT2D eigenvalue weighted by molar-refractivity contribution is 7.17. The number of thiophene rings is 1. The fourth-order valence-corrected chi connectivity index (χ4v) is 6.74. The minimum Gasteiger partial charge on any atom is -0.365 e. The monoisotopic (exact) mass is 636 g/mol. The van der Waals surface area contributed by atoms with Gasteiger partial charge in [-0.05, 0) is 80.6 Å². The van der Waals surface area contributed by atoms with Gasteiger partial charge in [0, 0.05) is 53.3 Å². The molecule has 0 spiro atoms. The summed E-state index contributed by atoms with van der Waals surface area (Å²) in [6, 6.07) is 14.5. The van der Waals surface area contributed by atoms with E-state index in [1.165, 1.54) is 16.9 Å². The lowest BCUT2D eigenvalue weighted by atomic mass is 9.87. The standard InChI is InChI=1S/C33H41ClN6O3S/c1-4-22-19-23-9-6-7-10-26(23)38-27(22)15-16-29(41)36-17-8-18-40(5-2)20-28-21(3)30(31(35)42)32(44-28)39-33(43)37-25-13-11-24(34)12-14-25/h6-7,9-14,22H,4-5,8,15-20H2,1-3H3,(H2,35,42)(H,36,41)(H2,37,39,43). The van der Waals surface area contributed by atoms with Crippen LogP contribution in [0.4, 0.5) is 21.2 Å². The third-order valence-corrected chi connectivity index (χ3v) is 9.35. The lowest BCUT2D eigenvalue weighted by Gasteiger charge is -2.24. The lowest BCUT2D eigenvalue weighted by Crippen LogP contribution is -2.30. The second-order valence-corrected chi connectivity index (χ2v) is 12.5. The SMILES string of the molecule is CCC1Cc2ccccc2N=C1CCC(=O)NCCCN(CC)Cc1sc(NC(=O)Nc2ccc(Cl)cc2)c(C(N)=O)c1C. The van der Waals surface area contributed by atoms with Gasteiger partial charge in [-0.15, -0.1) is 11.3 Å². The maximum Gasteiger partial charge on any atom is 0.324 e. The van der Waals surface area contributed by atoms with Crippen molar-refractivity contribution in [3.05, 3.63) is 75.1 Å². The smallest absolute Gasteiger partial charge is 0.324 e. The number of hydrogen-bond acceptors (Lipinski definition) is 6. The number of primary amides is 1. The topological polar surface area (TPSA) is 129 Å². The molecule has 44 heavy (non-hydrogen) atoms. The van der Waals surface area contributed by atoms with Crippen LogP contribution >= 0.6 is 22.9 Å². The summed E-state index contributed by atoms with van der Waals surface area (Å²) in [7, 11) is 0. The summed E-state index contributed by atoms with van der Waals surface area (Å²) in [5.74, 6) is -0.163. The van der Waals surface area contributed by atoms with Crippen molar-refractivity contribution in [2.24, 2.45) is 16.6 Å². The Morgan fingerprint density at radius 1 is 1.09 bits per heavy atom. The Bertz CT molecular complexity index is 1500. The van der Waals surface area contributed by atoms with E-state index in [2.05, 4.69) is 46.8 Å². The molecule has 0 saturated carbocycles. The minimum atomic E-state index is -0.591. The van der Waals surface area contributed by atoms with Crippen LogP contribution in [0.25, 0.3) is 0 Å². The third kappa shape index (κ3) is 8.90. The molecule has 0 fully saturated rings. The Hall–Kier alpha value is -3.73. The zero-order valence-electron chi connectivity index (χ0n) is 25.5. The molecule has 3 aromatic rings. The number of nitrogens with two attached hydrogens (primary N) is 1. The van der Waals surface area contributed by atoms with Crippen LogP contribution in [0.1, 0.15) is 65.9 Å². The Morgan fingerprint density at radius 3 is 2.55 bits per heavy atom. The van der Waals surface area contributed by atoms with Gasteiger partial charge in [0.25, 0.3) is 5.91 Å². The first-order valence-electron chi connectivity index (χ1n) is 15.1. The van der Waals surface area contributed by atoms with E-state index >= 15 is 0 Å². The van der Waals surface area contributed by atoms with Crippen molar-refractivity contribution in [3.8, 4) is 0 Å². The summed E-state index contributed by atoms with van der Waals surface area (Å²) in [5.41, 5.74) is 10.8. The number of nitrogens with one attached hydrogen (secondary N) is 3. The van der Waals surface area contributed by atoms with E-state index in [0.29, 0.717) is 53.1 Å². The number of para-hydroxylation sites is 1. The van der Waals surface area contributed by atoms with Crippen LogP contribution in [0.15, 0.2) is 53.5 Å². The van der Waals surface area contributed by atoms with Gasteiger partial charge < -0.3 is 16.4 Å². The molecule has 5 N–H and O–H groups in total. The Labute approximate surface area is 268 Å². The van der Waals surface area contributed by atoms with Gasteiger partial charge in [0.1, 0.15) is 5.00 Å². The van der Waals surface area contributed by atoms with Crippen LogP contribution < -0.4 is 21.7 Å². The molecule has 1 aromatic heterocycles. The molecule has 2 aromatic carbocycles. The van der Waals surface area contributed by atoms with Crippen molar-refractivity contribution in [2.45, 2.75) is 59.4 Å². The predicted octanol–water partition coefficient (Wildman–Crippen LogP) is 6.92. The Balaban J connectivity index is 1.26. The summed E-state index contributed by atoms with van der Waals surface area (Å²) in [6.07, 6.45) is 3.89. The molecule has 0 aliphatic carbocycles. The van der Waals surface area contributed by atoms with Gasteiger partial charge in [-0.3, -0.25) is 24.8 Å². The number of anilines is 2. The van der Waals surface area contributed by atoms with E-state index in [4.69, 9.17) is 22.3 Å². The molecule has 0 bridgehead atoms. The summed E-state index contributed by atoms with van der Waals surface area (Å²) in [6.45, 7) is 8.83. The zero-order chi connectivity index (χ0) is 31.6. The summed E-state index contributed by atoms with van der Waals surface area (Å²) in [5, 5.41) is 9.56. The number of urea groups is 1. The number of amides is 4. The normalized spacial score (nSPS) is 14.1. The van der Waals surface area contributed by atoms with Crippen molar-refractivity contribution in [1.29, 1.82) is 0 Å². The molecule has 0 radical (unpaired) electrons. The van der Waals surface area contributed by atoms with E-state index in [1.54, 1.807) is 24.3 Å². The van der Waals surface area contributed by atoms with Gasteiger partial charge in [-0.25, -0.2) is 4.79 Å². The number of nitrogens with zero attached hydrogens (tertiary/aromatic N) is 2. The quantitative estimate of drug-likeness (QED) is 0.143. The number of halogens is 1. The van der Waals surface area contributed by atoms with Gasteiger partial charge in [-0.2, -0.15) is 0 Å². The molecule has 4 rings (SSSR count). The van der Waals surface area contributed by atoms with E-state index < -0.39 is 11.9 Å². The molecule has 1 aliphatic rings. The van der Waals surface area contributed by atoms with Crippen LogP contribution in [0.2, 0.25) is 5.02 Å². The van der Waals surface area contributed by atoms with E-state index in [1.807, 2.05) is 19.1 Å². The van der Waals surface area contributed by atoms with Crippen LogP contribution in [0.3, 0.4) is 0 Å². The van der Waals surface area contributed by atoms with Gasteiger partial charge in [0.05, 0.1) is 11.3 Å². The summed E-state index contributed by atoms with van der Waals surface area (Å²) in [4.78, 5) is 45.6. The number of hydrogen-bond donors (Lipinski definition) is 4. The molecule has 1 unspecified atom stereocenters. The van der Waals surface area contributed by atoms with Crippen LogP contribution in [-0.2, 0) is 17.8 Å². The predicted molar refractivity (Wildman–Crippen MR) is 181 cm³/mol. The highest BCUT2D eigenvalue weighted by atomic mass is 35.5. The molecule has 1 atom stereocenters. The number of carbonyl (C=O) groups excluding carboxylic acids is 3. The van der Waals surface area contributed by atoms with Crippen molar-refractivity contribution in [3.63, 3.8) is 0 Å².